The SMILES string of the molecule is Cc1nn(-c2ncccc2CNC(C)C)c(C)c1Br. The maximum atomic E-state index is 4.55. The van der Waals surface area contributed by atoms with Gasteiger partial charge in [-0.1, -0.05) is 19.9 Å². The zero-order valence-corrected chi connectivity index (χ0v) is 13.3. The molecule has 0 spiro atoms. The van der Waals surface area contributed by atoms with Crippen LogP contribution in [0.1, 0.15) is 30.8 Å². The van der Waals surface area contributed by atoms with Crippen LogP contribution >= 0.6 is 15.9 Å². The maximum Gasteiger partial charge on any atom is 0.158 e. The van der Waals surface area contributed by atoms with Crippen LogP contribution in [0.25, 0.3) is 5.82 Å². The molecule has 2 aromatic heterocycles. The predicted molar refractivity (Wildman–Crippen MR) is 80.5 cm³/mol. The lowest BCUT2D eigenvalue weighted by molar-refractivity contribution is 0.584. The monoisotopic (exact) mass is 322 g/mol. The second-order valence-corrected chi connectivity index (χ2v) is 5.71. The molecule has 0 radical (unpaired) electrons. The van der Waals surface area contributed by atoms with Gasteiger partial charge in [0.05, 0.1) is 15.9 Å². The Labute approximate surface area is 122 Å². The Bertz CT molecular complexity index is 575. The van der Waals surface area contributed by atoms with Crippen molar-refractivity contribution in [1.82, 2.24) is 20.1 Å². The number of halogens is 1. The Morgan fingerprint density at radius 3 is 2.68 bits per heavy atom. The molecule has 1 N–H and O–H groups in total. The van der Waals surface area contributed by atoms with Gasteiger partial charge in [-0.15, -0.1) is 0 Å². The van der Waals surface area contributed by atoms with E-state index < -0.39 is 0 Å². The molecule has 0 aliphatic rings. The molecule has 0 saturated heterocycles. The molecule has 5 heteroatoms. The number of nitrogens with zero attached hydrogens (tertiary/aromatic N) is 3. The van der Waals surface area contributed by atoms with Gasteiger partial charge in [-0.05, 0) is 35.8 Å². The third kappa shape index (κ3) is 3.04. The number of pyridine rings is 1. The molecule has 0 aromatic carbocycles. The van der Waals surface area contributed by atoms with E-state index >= 15 is 0 Å². The highest BCUT2D eigenvalue weighted by Gasteiger charge is 2.14. The fraction of sp³-hybridized carbons (Fsp3) is 0.429. The van der Waals surface area contributed by atoms with Crippen molar-refractivity contribution in [2.75, 3.05) is 0 Å². The van der Waals surface area contributed by atoms with Crippen LogP contribution in [0, 0.1) is 13.8 Å². The smallest absolute Gasteiger partial charge is 0.158 e. The van der Waals surface area contributed by atoms with E-state index in [-0.39, 0.29) is 0 Å². The lowest BCUT2D eigenvalue weighted by Gasteiger charge is -2.12. The van der Waals surface area contributed by atoms with Crippen LogP contribution in [0.2, 0.25) is 0 Å². The molecule has 0 aliphatic carbocycles. The minimum atomic E-state index is 0.445. The summed E-state index contributed by atoms with van der Waals surface area (Å²) in [5.74, 6) is 0.891. The van der Waals surface area contributed by atoms with E-state index in [4.69, 9.17) is 0 Å². The first-order chi connectivity index (χ1) is 9.00. The van der Waals surface area contributed by atoms with E-state index in [0.717, 1.165) is 33.8 Å². The molecule has 0 amide bonds. The molecule has 4 nitrogen and oxygen atoms in total. The average molecular weight is 323 g/mol. The molecular formula is C14H19BrN4. The van der Waals surface area contributed by atoms with E-state index in [1.54, 1.807) is 6.20 Å². The van der Waals surface area contributed by atoms with Gasteiger partial charge >= 0.3 is 0 Å². The molecule has 2 heterocycles. The van der Waals surface area contributed by atoms with Gasteiger partial charge in [-0.2, -0.15) is 5.10 Å². The van der Waals surface area contributed by atoms with Crippen molar-refractivity contribution >= 4 is 15.9 Å². The Hall–Kier alpha value is -1.20. The second kappa shape index (κ2) is 5.84. The normalized spacial score (nSPS) is 11.3. The average Bonchev–Trinajstić information content (AvgIpc) is 2.64. The standard InChI is InChI=1S/C14H19BrN4/c1-9(2)17-8-12-6-5-7-16-14(12)19-11(4)13(15)10(3)18-19/h5-7,9,17H,8H2,1-4H3. The van der Waals surface area contributed by atoms with Crippen molar-refractivity contribution in [2.45, 2.75) is 40.3 Å². The number of hydrogen-bond donors (Lipinski definition) is 1. The van der Waals surface area contributed by atoms with Crippen molar-refractivity contribution < 1.29 is 0 Å². The van der Waals surface area contributed by atoms with Crippen molar-refractivity contribution in [3.8, 4) is 5.82 Å². The quantitative estimate of drug-likeness (QED) is 0.940. The Morgan fingerprint density at radius 1 is 1.37 bits per heavy atom. The van der Waals surface area contributed by atoms with Gasteiger partial charge in [0.15, 0.2) is 5.82 Å². The topological polar surface area (TPSA) is 42.7 Å². The molecule has 0 aliphatic heterocycles. The van der Waals surface area contributed by atoms with E-state index in [0.29, 0.717) is 6.04 Å². The third-order valence-corrected chi connectivity index (χ3v) is 4.12. The number of hydrogen-bond acceptors (Lipinski definition) is 3. The zero-order chi connectivity index (χ0) is 14.0. The van der Waals surface area contributed by atoms with Crippen molar-refractivity contribution in [3.05, 3.63) is 39.8 Å². The van der Waals surface area contributed by atoms with E-state index in [9.17, 15) is 0 Å². The zero-order valence-electron chi connectivity index (χ0n) is 11.7. The summed E-state index contributed by atoms with van der Waals surface area (Å²) in [6.07, 6.45) is 1.80. The van der Waals surface area contributed by atoms with Gasteiger partial charge in [0.2, 0.25) is 0 Å². The van der Waals surface area contributed by atoms with Gasteiger partial charge in [-0.25, -0.2) is 9.67 Å². The lowest BCUT2D eigenvalue weighted by atomic mass is 10.2. The summed E-state index contributed by atoms with van der Waals surface area (Å²) < 4.78 is 2.94. The first-order valence-electron chi connectivity index (χ1n) is 6.40. The van der Waals surface area contributed by atoms with Crippen molar-refractivity contribution in [2.24, 2.45) is 0 Å². The fourth-order valence-corrected chi connectivity index (χ4v) is 2.15. The Kier molecular flexibility index (Phi) is 4.37. The van der Waals surface area contributed by atoms with E-state index in [1.807, 2.05) is 24.6 Å². The maximum absolute atomic E-state index is 4.55. The number of aryl methyl sites for hydroxylation is 1. The van der Waals surface area contributed by atoms with Crippen LogP contribution < -0.4 is 5.32 Å². The minimum Gasteiger partial charge on any atom is -0.310 e. The molecule has 0 atom stereocenters. The van der Waals surface area contributed by atoms with Crippen molar-refractivity contribution in [3.63, 3.8) is 0 Å². The third-order valence-electron chi connectivity index (χ3n) is 2.97. The fourth-order valence-electron chi connectivity index (χ4n) is 1.90. The van der Waals surface area contributed by atoms with Crippen molar-refractivity contribution in [1.29, 1.82) is 0 Å². The highest BCUT2D eigenvalue weighted by molar-refractivity contribution is 9.10. The molecule has 0 fully saturated rings. The van der Waals surface area contributed by atoms with Crippen LogP contribution in [-0.2, 0) is 6.54 Å². The molecule has 2 rings (SSSR count). The molecule has 0 unspecified atom stereocenters. The number of rotatable bonds is 4. The number of nitrogens with one attached hydrogen (secondary N) is 1. The molecule has 0 bridgehead atoms. The molecule has 19 heavy (non-hydrogen) atoms. The van der Waals surface area contributed by atoms with Crippen LogP contribution in [-0.4, -0.2) is 20.8 Å². The highest BCUT2D eigenvalue weighted by Crippen LogP contribution is 2.23. The van der Waals surface area contributed by atoms with Crippen LogP contribution in [0.5, 0.6) is 0 Å². The first kappa shape index (κ1) is 14.2. The van der Waals surface area contributed by atoms with Gasteiger partial charge in [-0.3, -0.25) is 0 Å². The van der Waals surface area contributed by atoms with Gasteiger partial charge < -0.3 is 5.32 Å². The lowest BCUT2D eigenvalue weighted by Crippen LogP contribution is -2.23. The molecule has 0 saturated carbocycles. The predicted octanol–water partition coefficient (Wildman–Crippen LogP) is 3.14. The van der Waals surface area contributed by atoms with Gasteiger partial charge in [0.1, 0.15) is 0 Å². The van der Waals surface area contributed by atoms with E-state index in [2.05, 4.69) is 51.2 Å². The van der Waals surface area contributed by atoms with Gasteiger partial charge in [0.25, 0.3) is 0 Å². The van der Waals surface area contributed by atoms with Gasteiger partial charge in [0, 0.05) is 24.3 Å². The van der Waals surface area contributed by atoms with Crippen LogP contribution in [0.15, 0.2) is 22.8 Å². The second-order valence-electron chi connectivity index (χ2n) is 4.92. The van der Waals surface area contributed by atoms with Crippen LogP contribution in [0.3, 0.4) is 0 Å². The Balaban J connectivity index is 2.41. The minimum absolute atomic E-state index is 0.445. The summed E-state index contributed by atoms with van der Waals surface area (Å²) in [7, 11) is 0. The summed E-state index contributed by atoms with van der Waals surface area (Å²) >= 11 is 3.56. The summed E-state index contributed by atoms with van der Waals surface area (Å²) in [5, 5.41) is 7.97. The summed E-state index contributed by atoms with van der Waals surface area (Å²) in [4.78, 5) is 4.48. The number of aromatic nitrogens is 3. The highest BCUT2D eigenvalue weighted by atomic mass is 79.9. The van der Waals surface area contributed by atoms with Crippen LogP contribution in [0.4, 0.5) is 0 Å². The summed E-state index contributed by atoms with van der Waals surface area (Å²) in [5.41, 5.74) is 3.20. The van der Waals surface area contributed by atoms with E-state index in [1.165, 1.54) is 0 Å². The first-order valence-corrected chi connectivity index (χ1v) is 7.19. The Morgan fingerprint density at radius 2 is 2.11 bits per heavy atom. The molecule has 102 valence electrons. The summed E-state index contributed by atoms with van der Waals surface area (Å²) in [6, 6.07) is 4.49. The molecular weight excluding hydrogens is 304 g/mol. The molecule has 2 aromatic rings. The largest absolute Gasteiger partial charge is 0.310 e. The summed E-state index contributed by atoms with van der Waals surface area (Å²) in [6.45, 7) is 9.09.